The molecule has 0 unspecified atom stereocenters. The van der Waals surface area contributed by atoms with Crippen LogP contribution in [0.1, 0.15) is 30.1 Å². The van der Waals surface area contributed by atoms with Crippen LogP contribution in [0, 0.1) is 0 Å². The maximum Gasteiger partial charge on any atom is 0.150 e. The molecule has 4 heterocycles. The van der Waals surface area contributed by atoms with Crippen molar-refractivity contribution in [3.63, 3.8) is 0 Å². The van der Waals surface area contributed by atoms with Crippen LogP contribution in [0.2, 0.25) is 0 Å². The molecular formula is C34H34N8. The molecule has 8 heteroatoms. The highest BCUT2D eigenvalue weighted by molar-refractivity contribution is 5.91. The molecule has 8 nitrogen and oxygen atoms in total. The zero-order valence-corrected chi connectivity index (χ0v) is 23.5. The van der Waals surface area contributed by atoms with E-state index < -0.39 is 0 Å². The normalized spacial score (nSPS) is 19.3. The van der Waals surface area contributed by atoms with Crippen LogP contribution in [-0.4, -0.2) is 61.0 Å². The molecule has 6 aromatic rings. The number of anilines is 1. The van der Waals surface area contributed by atoms with Gasteiger partial charge in [-0.3, -0.25) is 9.30 Å². The Kier molecular flexibility index (Phi) is 6.23. The summed E-state index contributed by atoms with van der Waals surface area (Å²) in [6, 6.07) is 28.1. The molecule has 42 heavy (non-hydrogen) atoms. The first-order chi connectivity index (χ1) is 20.7. The summed E-state index contributed by atoms with van der Waals surface area (Å²) in [4.78, 5) is 17.5. The Morgan fingerprint density at radius 1 is 0.857 bits per heavy atom. The van der Waals surface area contributed by atoms with Gasteiger partial charge in [-0.25, -0.2) is 15.0 Å². The first-order valence-corrected chi connectivity index (χ1v) is 14.9. The summed E-state index contributed by atoms with van der Waals surface area (Å²) < 4.78 is 4.48. The summed E-state index contributed by atoms with van der Waals surface area (Å²) in [5, 5.41) is 3.47. The van der Waals surface area contributed by atoms with Crippen LogP contribution < -0.4 is 11.1 Å². The number of aromatic nitrogens is 5. The molecule has 0 bridgehead atoms. The molecule has 3 aromatic heterocycles. The van der Waals surface area contributed by atoms with E-state index in [1.54, 1.807) is 6.20 Å². The van der Waals surface area contributed by atoms with E-state index in [-0.39, 0.29) is 0 Å². The number of imidazole rings is 2. The molecule has 1 saturated carbocycles. The molecular weight excluding hydrogens is 520 g/mol. The number of piperazine rings is 1. The minimum atomic E-state index is 0.409. The highest BCUT2D eigenvalue weighted by Gasteiger charge is 2.38. The second-order valence-electron chi connectivity index (χ2n) is 11.5. The SMILES string of the molecule is Nc1nccn2c(C3CC(N4CCNCC4)C3)nc(-c3ccc4c(c3)nc(-c3ccccc3)n4Cc3ccccc3)c12. The van der Waals surface area contributed by atoms with Gasteiger partial charge >= 0.3 is 0 Å². The Hall–Kier alpha value is -4.53. The van der Waals surface area contributed by atoms with Gasteiger partial charge < -0.3 is 15.6 Å². The molecule has 0 amide bonds. The van der Waals surface area contributed by atoms with Gasteiger partial charge in [-0.15, -0.1) is 0 Å². The van der Waals surface area contributed by atoms with Gasteiger partial charge in [0.25, 0.3) is 0 Å². The van der Waals surface area contributed by atoms with Crippen LogP contribution in [0.25, 0.3) is 39.2 Å². The summed E-state index contributed by atoms with van der Waals surface area (Å²) in [6.45, 7) is 5.16. The van der Waals surface area contributed by atoms with Crippen molar-refractivity contribution in [2.45, 2.75) is 31.3 Å². The van der Waals surface area contributed by atoms with Gasteiger partial charge in [0.2, 0.25) is 0 Å². The van der Waals surface area contributed by atoms with Crippen LogP contribution in [0.3, 0.4) is 0 Å². The monoisotopic (exact) mass is 554 g/mol. The highest BCUT2D eigenvalue weighted by Crippen LogP contribution is 2.42. The summed E-state index contributed by atoms with van der Waals surface area (Å²) in [7, 11) is 0. The van der Waals surface area contributed by atoms with Gasteiger partial charge in [-0.1, -0.05) is 66.7 Å². The third-order valence-corrected chi connectivity index (χ3v) is 8.99. The number of fused-ring (bicyclic) bond motifs is 2. The van der Waals surface area contributed by atoms with Gasteiger partial charge in [0.1, 0.15) is 28.7 Å². The molecule has 1 saturated heterocycles. The van der Waals surface area contributed by atoms with Gasteiger partial charge in [0.15, 0.2) is 0 Å². The minimum Gasteiger partial charge on any atom is -0.382 e. The van der Waals surface area contributed by atoms with Crippen molar-refractivity contribution in [3.8, 4) is 22.6 Å². The van der Waals surface area contributed by atoms with E-state index >= 15 is 0 Å². The van der Waals surface area contributed by atoms with Crippen LogP contribution >= 0.6 is 0 Å². The second-order valence-corrected chi connectivity index (χ2v) is 11.5. The summed E-state index contributed by atoms with van der Waals surface area (Å²) in [6.07, 6.45) is 6.05. The molecule has 3 N–H and O–H groups in total. The van der Waals surface area contributed by atoms with E-state index in [1.165, 1.54) is 5.56 Å². The lowest BCUT2D eigenvalue weighted by Crippen LogP contribution is -2.52. The first kappa shape index (κ1) is 25.2. The van der Waals surface area contributed by atoms with Crippen molar-refractivity contribution in [1.82, 2.24) is 34.1 Å². The quantitative estimate of drug-likeness (QED) is 0.294. The Balaban J connectivity index is 1.20. The van der Waals surface area contributed by atoms with Crippen LogP contribution in [-0.2, 0) is 6.54 Å². The standard InChI is InChI=1S/C34H34N8/c35-32-31-30(39-34(41(31)18-15-37-32)26-19-27(20-26)40-16-13-36-14-17-40)25-11-12-29-28(21-25)38-33(24-9-5-2-6-10-24)42(29)22-23-7-3-1-4-8-23/h1-12,15,18,21,26-27,36H,13-14,16-17,19-20,22H2,(H2,35,37). The summed E-state index contributed by atoms with van der Waals surface area (Å²) in [5.41, 5.74) is 13.6. The molecule has 2 aliphatic rings. The average Bonchev–Trinajstić information content (AvgIpc) is 3.57. The third kappa shape index (κ3) is 4.35. The van der Waals surface area contributed by atoms with Crippen LogP contribution in [0.5, 0.6) is 0 Å². The van der Waals surface area contributed by atoms with Gasteiger partial charge in [0.05, 0.1) is 11.0 Å². The molecule has 3 aromatic carbocycles. The van der Waals surface area contributed by atoms with Crippen LogP contribution in [0.15, 0.2) is 91.3 Å². The zero-order chi connectivity index (χ0) is 28.0. The van der Waals surface area contributed by atoms with E-state index in [0.717, 1.165) is 90.6 Å². The number of rotatable bonds is 6. The maximum atomic E-state index is 6.51. The van der Waals surface area contributed by atoms with E-state index in [4.69, 9.17) is 15.7 Å². The van der Waals surface area contributed by atoms with Crippen molar-refractivity contribution < 1.29 is 0 Å². The maximum absolute atomic E-state index is 6.51. The minimum absolute atomic E-state index is 0.409. The summed E-state index contributed by atoms with van der Waals surface area (Å²) in [5.74, 6) is 2.95. The second kappa shape index (κ2) is 10.4. The predicted molar refractivity (Wildman–Crippen MR) is 167 cm³/mol. The average molecular weight is 555 g/mol. The zero-order valence-electron chi connectivity index (χ0n) is 23.5. The van der Waals surface area contributed by atoms with Crippen molar-refractivity contribution in [2.24, 2.45) is 0 Å². The molecule has 210 valence electrons. The molecule has 2 fully saturated rings. The van der Waals surface area contributed by atoms with E-state index in [9.17, 15) is 0 Å². The van der Waals surface area contributed by atoms with Crippen molar-refractivity contribution >= 4 is 22.4 Å². The van der Waals surface area contributed by atoms with E-state index in [1.807, 2.05) is 12.3 Å². The van der Waals surface area contributed by atoms with Crippen LogP contribution in [0.4, 0.5) is 5.82 Å². The number of hydrogen-bond donors (Lipinski definition) is 2. The molecule has 0 spiro atoms. The van der Waals surface area contributed by atoms with E-state index in [0.29, 0.717) is 17.8 Å². The van der Waals surface area contributed by atoms with Gasteiger partial charge in [-0.05, 0) is 30.5 Å². The number of nitrogen functional groups attached to an aromatic ring is 1. The molecule has 1 aliphatic heterocycles. The topological polar surface area (TPSA) is 89.3 Å². The lowest BCUT2D eigenvalue weighted by Gasteiger charge is -2.44. The number of benzene rings is 3. The van der Waals surface area contributed by atoms with Crippen molar-refractivity contribution in [1.29, 1.82) is 0 Å². The van der Waals surface area contributed by atoms with Gasteiger partial charge in [-0.2, -0.15) is 0 Å². The number of nitrogens with one attached hydrogen (secondary N) is 1. The fourth-order valence-electron chi connectivity index (χ4n) is 6.73. The Bertz CT molecular complexity index is 1860. The Morgan fingerprint density at radius 2 is 1.62 bits per heavy atom. The molecule has 0 radical (unpaired) electrons. The Morgan fingerprint density at radius 3 is 2.40 bits per heavy atom. The highest BCUT2D eigenvalue weighted by atomic mass is 15.2. The number of nitrogens with zero attached hydrogens (tertiary/aromatic N) is 6. The lowest BCUT2D eigenvalue weighted by atomic mass is 9.78. The number of nitrogens with two attached hydrogens (primary N) is 1. The molecule has 0 atom stereocenters. The smallest absolute Gasteiger partial charge is 0.150 e. The third-order valence-electron chi connectivity index (χ3n) is 8.99. The van der Waals surface area contributed by atoms with Crippen molar-refractivity contribution in [2.75, 3.05) is 31.9 Å². The predicted octanol–water partition coefficient (Wildman–Crippen LogP) is 5.19. The number of hydrogen-bond acceptors (Lipinski definition) is 6. The Labute approximate surface area is 244 Å². The molecule has 8 rings (SSSR count). The summed E-state index contributed by atoms with van der Waals surface area (Å²) >= 11 is 0. The van der Waals surface area contributed by atoms with Crippen molar-refractivity contribution in [3.05, 3.63) is 103 Å². The molecule has 1 aliphatic carbocycles. The fourth-order valence-corrected chi connectivity index (χ4v) is 6.73. The largest absolute Gasteiger partial charge is 0.382 e. The van der Waals surface area contributed by atoms with Gasteiger partial charge in [0, 0.05) is 68.2 Å². The lowest BCUT2D eigenvalue weighted by molar-refractivity contribution is 0.0928. The fraction of sp³-hybridized carbons (Fsp3) is 0.265. The first-order valence-electron chi connectivity index (χ1n) is 14.9. The van der Waals surface area contributed by atoms with E-state index in [2.05, 4.69) is 97.0 Å².